The van der Waals surface area contributed by atoms with Gasteiger partial charge >= 0.3 is 0 Å². The SMILES string of the molecule is CC(CNC(=O)CS(C)(=O)=O)C(N)=NO. The van der Waals surface area contributed by atoms with Crippen LogP contribution in [0.2, 0.25) is 0 Å². The minimum atomic E-state index is -3.32. The highest BCUT2D eigenvalue weighted by Gasteiger charge is 2.13. The monoisotopic (exact) mass is 237 g/mol. The highest BCUT2D eigenvalue weighted by atomic mass is 32.2. The lowest BCUT2D eigenvalue weighted by atomic mass is 10.1. The number of carbonyl (C=O) groups excluding carboxylic acids is 1. The van der Waals surface area contributed by atoms with Crippen molar-refractivity contribution in [3.63, 3.8) is 0 Å². The minimum Gasteiger partial charge on any atom is -0.409 e. The number of nitrogens with two attached hydrogens (primary N) is 1. The first kappa shape index (κ1) is 13.7. The first-order valence-corrected chi connectivity index (χ1v) is 6.24. The van der Waals surface area contributed by atoms with E-state index in [1.54, 1.807) is 6.92 Å². The maximum Gasteiger partial charge on any atom is 0.235 e. The maximum atomic E-state index is 11.0. The summed E-state index contributed by atoms with van der Waals surface area (Å²) in [4.78, 5) is 11.0. The second-order valence-corrected chi connectivity index (χ2v) is 5.44. The molecule has 0 aromatic carbocycles. The van der Waals surface area contributed by atoms with E-state index < -0.39 is 21.5 Å². The van der Waals surface area contributed by atoms with Crippen molar-refractivity contribution in [3.05, 3.63) is 0 Å². The van der Waals surface area contributed by atoms with E-state index >= 15 is 0 Å². The average Bonchev–Trinajstić information content (AvgIpc) is 2.10. The molecule has 7 nitrogen and oxygen atoms in total. The van der Waals surface area contributed by atoms with Gasteiger partial charge in [0.15, 0.2) is 9.84 Å². The van der Waals surface area contributed by atoms with E-state index in [0.717, 1.165) is 6.26 Å². The van der Waals surface area contributed by atoms with Crippen LogP contribution in [0.15, 0.2) is 5.16 Å². The smallest absolute Gasteiger partial charge is 0.235 e. The molecule has 1 amide bonds. The van der Waals surface area contributed by atoms with Crippen molar-refractivity contribution in [2.24, 2.45) is 16.8 Å². The quantitative estimate of drug-likeness (QED) is 0.233. The number of hydrogen-bond donors (Lipinski definition) is 3. The Morgan fingerprint density at radius 3 is 2.53 bits per heavy atom. The van der Waals surface area contributed by atoms with Gasteiger partial charge in [0.25, 0.3) is 0 Å². The zero-order valence-corrected chi connectivity index (χ0v) is 9.41. The Morgan fingerprint density at radius 1 is 1.60 bits per heavy atom. The van der Waals surface area contributed by atoms with Crippen LogP contribution < -0.4 is 11.1 Å². The Balaban J connectivity index is 4.03. The van der Waals surface area contributed by atoms with E-state index in [1.165, 1.54) is 0 Å². The second kappa shape index (κ2) is 5.54. The van der Waals surface area contributed by atoms with E-state index in [2.05, 4.69) is 10.5 Å². The van der Waals surface area contributed by atoms with Gasteiger partial charge in [-0.15, -0.1) is 0 Å². The summed E-state index contributed by atoms with van der Waals surface area (Å²) in [7, 11) is -3.32. The number of sulfone groups is 1. The fourth-order valence-electron chi connectivity index (χ4n) is 0.759. The Morgan fingerprint density at radius 2 is 2.13 bits per heavy atom. The topological polar surface area (TPSA) is 122 Å². The number of amidine groups is 1. The molecule has 0 heterocycles. The summed E-state index contributed by atoms with van der Waals surface area (Å²) in [6, 6.07) is 0. The second-order valence-electron chi connectivity index (χ2n) is 3.30. The third kappa shape index (κ3) is 6.72. The largest absolute Gasteiger partial charge is 0.409 e. The molecule has 0 fully saturated rings. The molecule has 0 aliphatic rings. The molecule has 0 spiro atoms. The summed E-state index contributed by atoms with van der Waals surface area (Å²) < 4.78 is 21.5. The number of hydrogen-bond acceptors (Lipinski definition) is 5. The minimum absolute atomic E-state index is 0.0188. The first-order chi connectivity index (χ1) is 6.76. The molecule has 1 unspecified atom stereocenters. The van der Waals surface area contributed by atoms with Crippen LogP contribution in [0.25, 0.3) is 0 Å². The van der Waals surface area contributed by atoms with Gasteiger partial charge in [-0.25, -0.2) is 8.42 Å². The normalized spacial score (nSPS) is 14.7. The fraction of sp³-hybridized carbons (Fsp3) is 0.714. The fourth-order valence-corrected chi connectivity index (χ4v) is 1.34. The van der Waals surface area contributed by atoms with Gasteiger partial charge in [0.05, 0.1) is 0 Å². The van der Waals surface area contributed by atoms with Crippen LogP contribution in [0.5, 0.6) is 0 Å². The highest BCUT2D eigenvalue weighted by Crippen LogP contribution is 1.92. The molecule has 0 aromatic rings. The van der Waals surface area contributed by atoms with E-state index in [-0.39, 0.29) is 18.3 Å². The van der Waals surface area contributed by atoms with Gasteiger partial charge in [0.2, 0.25) is 5.91 Å². The number of rotatable bonds is 5. The van der Waals surface area contributed by atoms with Gasteiger partial charge in [-0.05, 0) is 0 Å². The lowest BCUT2D eigenvalue weighted by Gasteiger charge is -2.10. The molecule has 0 aliphatic heterocycles. The molecule has 0 aliphatic carbocycles. The number of nitrogens with zero attached hydrogens (tertiary/aromatic N) is 1. The summed E-state index contributed by atoms with van der Waals surface area (Å²) in [5.74, 6) is -1.53. The van der Waals surface area contributed by atoms with Gasteiger partial charge < -0.3 is 16.3 Å². The molecular formula is C7H15N3O4S. The molecule has 1 atom stereocenters. The third-order valence-electron chi connectivity index (χ3n) is 1.62. The lowest BCUT2D eigenvalue weighted by molar-refractivity contribution is -0.118. The van der Waals surface area contributed by atoms with Crippen molar-refractivity contribution in [3.8, 4) is 0 Å². The van der Waals surface area contributed by atoms with E-state index in [4.69, 9.17) is 10.9 Å². The van der Waals surface area contributed by atoms with Crippen LogP contribution in [0.1, 0.15) is 6.92 Å². The van der Waals surface area contributed by atoms with Crippen LogP contribution in [-0.4, -0.2) is 43.9 Å². The van der Waals surface area contributed by atoms with Crippen molar-refractivity contribution in [2.75, 3.05) is 18.6 Å². The zero-order valence-electron chi connectivity index (χ0n) is 8.60. The maximum absolute atomic E-state index is 11.0. The molecule has 15 heavy (non-hydrogen) atoms. The Kier molecular flexibility index (Phi) is 5.06. The van der Waals surface area contributed by atoms with Crippen molar-refractivity contribution >= 4 is 21.6 Å². The van der Waals surface area contributed by atoms with E-state index in [9.17, 15) is 13.2 Å². The van der Waals surface area contributed by atoms with Gasteiger partial charge in [-0.1, -0.05) is 12.1 Å². The van der Waals surface area contributed by atoms with Gasteiger partial charge in [0, 0.05) is 18.7 Å². The third-order valence-corrected chi connectivity index (χ3v) is 2.41. The van der Waals surface area contributed by atoms with Crippen molar-refractivity contribution < 1.29 is 18.4 Å². The molecule has 0 rings (SSSR count). The van der Waals surface area contributed by atoms with Crippen LogP contribution in [-0.2, 0) is 14.6 Å². The number of amides is 1. The molecule has 0 saturated carbocycles. The summed E-state index contributed by atoms with van der Waals surface area (Å²) in [6.07, 6.45) is 0.972. The highest BCUT2D eigenvalue weighted by molar-refractivity contribution is 7.91. The Bertz CT molecular complexity index is 349. The predicted octanol–water partition coefficient (Wildman–Crippen LogP) is -1.47. The molecule has 0 saturated heterocycles. The van der Waals surface area contributed by atoms with Crippen molar-refractivity contribution in [2.45, 2.75) is 6.92 Å². The van der Waals surface area contributed by atoms with Crippen molar-refractivity contribution in [1.29, 1.82) is 0 Å². The summed E-state index contributed by atoms with van der Waals surface area (Å²) >= 11 is 0. The molecule has 88 valence electrons. The number of oxime groups is 1. The van der Waals surface area contributed by atoms with Gasteiger partial charge in [-0.3, -0.25) is 4.79 Å². The standard InChI is InChI=1S/C7H15N3O4S/c1-5(7(8)10-12)3-9-6(11)4-15(2,13)14/h5,12H,3-4H2,1-2H3,(H2,8,10)(H,9,11). The lowest BCUT2D eigenvalue weighted by Crippen LogP contribution is -2.37. The summed E-state index contributed by atoms with van der Waals surface area (Å²) in [5, 5.41) is 13.4. The van der Waals surface area contributed by atoms with Gasteiger partial charge in [-0.2, -0.15) is 0 Å². The van der Waals surface area contributed by atoms with Crippen LogP contribution >= 0.6 is 0 Å². The Labute approximate surface area is 88.2 Å². The molecule has 0 radical (unpaired) electrons. The van der Waals surface area contributed by atoms with Gasteiger partial charge in [0.1, 0.15) is 11.6 Å². The molecule has 4 N–H and O–H groups in total. The molecule has 0 bridgehead atoms. The molecule has 0 aromatic heterocycles. The number of carbonyl (C=O) groups is 1. The molecule has 8 heteroatoms. The van der Waals surface area contributed by atoms with Crippen molar-refractivity contribution in [1.82, 2.24) is 5.32 Å². The number of nitrogens with one attached hydrogen (secondary N) is 1. The zero-order chi connectivity index (χ0) is 12.1. The van der Waals surface area contributed by atoms with Crippen LogP contribution in [0.4, 0.5) is 0 Å². The Hall–Kier alpha value is -1.31. The first-order valence-electron chi connectivity index (χ1n) is 4.18. The van der Waals surface area contributed by atoms with Crippen LogP contribution in [0, 0.1) is 5.92 Å². The van der Waals surface area contributed by atoms with E-state index in [0.29, 0.717) is 0 Å². The summed E-state index contributed by atoms with van der Waals surface area (Å²) in [6.45, 7) is 1.76. The average molecular weight is 237 g/mol. The summed E-state index contributed by atoms with van der Waals surface area (Å²) in [5.41, 5.74) is 5.26. The van der Waals surface area contributed by atoms with E-state index in [1.807, 2.05) is 0 Å². The predicted molar refractivity (Wildman–Crippen MR) is 55.3 cm³/mol. The van der Waals surface area contributed by atoms with Crippen LogP contribution in [0.3, 0.4) is 0 Å². The molecular weight excluding hydrogens is 222 g/mol.